The molecular weight excluding hydrogens is 466 g/mol. The summed E-state index contributed by atoms with van der Waals surface area (Å²) in [5.74, 6) is -3.15. The van der Waals surface area contributed by atoms with E-state index < -0.39 is 53.4 Å². The highest BCUT2D eigenvalue weighted by Gasteiger charge is 2.40. The van der Waals surface area contributed by atoms with Crippen LogP contribution in [0.1, 0.15) is 53.0 Å². The van der Waals surface area contributed by atoms with Crippen molar-refractivity contribution in [1.29, 1.82) is 0 Å². The van der Waals surface area contributed by atoms with Crippen molar-refractivity contribution in [3.05, 3.63) is 35.9 Å². The van der Waals surface area contributed by atoms with Gasteiger partial charge in [-0.25, -0.2) is 9.59 Å². The van der Waals surface area contributed by atoms with Crippen molar-refractivity contribution in [2.24, 2.45) is 5.92 Å². The number of carbonyl (C=O) groups is 5. The smallest absolute Gasteiger partial charge is 0.408 e. The molecule has 0 spiro atoms. The van der Waals surface area contributed by atoms with Crippen LogP contribution in [0.4, 0.5) is 4.79 Å². The molecule has 0 radical (unpaired) electrons. The van der Waals surface area contributed by atoms with Gasteiger partial charge in [-0.1, -0.05) is 44.2 Å². The first-order chi connectivity index (χ1) is 16.8. The van der Waals surface area contributed by atoms with E-state index in [4.69, 9.17) is 4.74 Å². The Hall–Kier alpha value is -3.43. The van der Waals surface area contributed by atoms with Crippen LogP contribution >= 0.6 is 0 Å². The Labute approximate surface area is 212 Å². The summed E-state index contributed by atoms with van der Waals surface area (Å²) in [5, 5.41) is 5.28. The number of amides is 3. The fourth-order valence-electron chi connectivity index (χ4n) is 4.00. The summed E-state index contributed by atoms with van der Waals surface area (Å²) in [4.78, 5) is 65.0. The van der Waals surface area contributed by atoms with E-state index in [1.807, 2.05) is 6.07 Å². The number of hydrogen-bond acceptors (Lipinski definition) is 7. The molecule has 1 unspecified atom stereocenters. The molecule has 0 bridgehead atoms. The lowest BCUT2D eigenvalue weighted by Crippen LogP contribution is -2.57. The number of nitrogens with one attached hydrogen (secondary N) is 2. The highest BCUT2D eigenvalue weighted by Crippen LogP contribution is 2.21. The molecule has 2 N–H and O–H groups in total. The number of benzene rings is 1. The van der Waals surface area contributed by atoms with Crippen molar-refractivity contribution >= 4 is 29.7 Å². The molecule has 10 nitrogen and oxygen atoms in total. The molecule has 1 fully saturated rings. The highest BCUT2D eigenvalue weighted by atomic mass is 16.6. The van der Waals surface area contributed by atoms with Crippen LogP contribution in [0.2, 0.25) is 0 Å². The maximum Gasteiger partial charge on any atom is 0.408 e. The van der Waals surface area contributed by atoms with Gasteiger partial charge in [0.25, 0.3) is 5.78 Å². The third-order valence-electron chi connectivity index (χ3n) is 5.75. The third kappa shape index (κ3) is 8.07. The van der Waals surface area contributed by atoms with Crippen LogP contribution < -0.4 is 10.6 Å². The lowest BCUT2D eigenvalue weighted by Gasteiger charge is -2.31. The lowest BCUT2D eigenvalue weighted by molar-refractivity contribution is -0.153. The van der Waals surface area contributed by atoms with Crippen molar-refractivity contribution in [1.82, 2.24) is 15.5 Å². The molecule has 36 heavy (non-hydrogen) atoms. The van der Waals surface area contributed by atoms with Crippen molar-refractivity contribution in [2.45, 2.75) is 77.6 Å². The lowest BCUT2D eigenvalue weighted by atomic mass is 10.0. The summed E-state index contributed by atoms with van der Waals surface area (Å²) in [6.07, 6.45) is 0.339. The fraction of sp³-hybridized carbons (Fsp3) is 0.577. The molecule has 198 valence electrons. The Kier molecular flexibility index (Phi) is 10.0. The summed E-state index contributed by atoms with van der Waals surface area (Å²) >= 11 is 0. The Morgan fingerprint density at radius 1 is 1.06 bits per heavy atom. The summed E-state index contributed by atoms with van der Waals surface area (Å²) in [5.41, 5.74) is 0.0193. The first-order valence-corrected chi connectivity index (χ1v) is 12.1. The normalized spacial score (nSPS) is 17.2. The van der Waals surface area contributed by atoms with Crippen molar-refractivity contribution in [2.75, 3.05) is 13.7 Å². The number of alkyl carbamates (subject to hydrolysis) is 1. The number of esters is 1. The molecule has 3 amide bonds. The molecule has 1 aliphatic heterocycles. The number of rotatable bonds is 9. The second-order valence-corrected chi connectivity index (χ2v) is 10.2. The monoisotopic (exact) mass is 503 g/mol. The minimum Gasteiger partial charge on any atom is -0.463 e. The van der Waals surface area contributed by atoms with Gasteiger partial charge in [-0.15, -0.1) is 0 Å². The molecule has 2 rings (SSSR count). The van der Waals surface area contributed by atoms with E-state index in [0.29, 0.717) is 19.4 Å². The SMILES string of the molecule is COC(=O)C(=O)C(Cc1ccccc1)NC(=O)[C@@H]1CCCN1C(=O)[C@@H](NC(=O)OC(C)(C)C)C(C)C. The maximum atomic E-state index is 13.4. The minimum atomic E-state index is -1.15. The van der Waals surface area contributed by atoms with E-state index in [1.165, 1.54) is 4.90 Å². The quantitative estimate of drug-likeness (QED) is 0.389. The summed E-state index contributed by atoms with van der Waals surface area (Å²) in [6, 6.07) is 6.07. The van der Waals surface area contributed by atoms with Crippen LogP contribution in [-0.2, 0) is 35.1 Å². The number of likely N-dealkylation sites (tertiary alicyclic amines) is 1. The largest absolute Gasteiger partial charge is 0.463 e. The number of nitrogens with zero attached hydrogens (tertiary/aromatic N) is 1. The second kappa shape index (κ2) is 12.5. The minimum absolute atomic E-state index is 0.0933. The first-order valence-electron chi connectivity index (χ1n) is 12.1. The molecule has 1 heterocycles. The molecule has 1 aliphatic rings. The van der Waals surface area contributed by atoms with Crippen LogP contribution in [0.15, 0.2) is 30.3 Å². The molecule has 0 aliphatic carbocycles. The number of carbonyl (C=O) groups excluding carboxylic acids is 5. The van der Waals surface area contributed by atoms with Crippen molar-refractivity contribution < 1.29 is 33.4 Å². The van der Waals surface area contributed by atoms with Gasteiger partial charge in [-0.05, 0) is 45.1 Å². The molecular formula is C26H37N3O7. The molecule has 10 heteroatoms. The zero-order valence-electron chi connectivity index (χ0n) is 21.8. The Balaban J connectivity index is 2.18. The standard InChI is InChI=1S/C26H37N3O7/c1-16(2)20(28-25(34)36-26(3,4)5)23(32)29-14-10-13-19(29)22(31)27-18(21(30)24(33)35-6)15-17-11-8-7-9-12-17/h7-9,11-12,16,18-20H,10,13-15H2,1-6H3,(H,27,31)(H,28,34)/t18?,19-,20-/m0/s1. The zero-order valence-corrected chi connectivity index (χ0v) is 21.8. The van der Waals surface area contributed by atoms with Crippen LogP contribution in [0.3, 0.4) is 0 Å². The molecule has 1 saturated heterocycles. The highest BCUT2D eigenvalue weighted by molar-refractivity contribution is 6.36. The molecule has 1 aromatic rings. The van der Waals surface area contributed by atoms with Crippen LogP contribution in [-0.4, -0.2) is 71.9 Å². The average Bonchev–Trinajstić information content (AvgIpc) is 3.30. The van der Waals surface area contributed by atoms with Gasteiger partial charge in [0.1, 0.15) is 23.7 Å². The van der Waals surface area contributed by atoms with Gasteiger partial charge in [-0.3, -0.25) is 14.4 Å². The maximum absolute atomic E-state index is 13.4. The number of methoxy groups -OCH3 is 1. The number of ketones is 1. The first kappa shape index (κ1) is 28.8. The summed E-state index contributed by atoms with van der Waals surface area (Å²) in [7, 11) is 1.10. The van der Waals surface area contributed by atoms with Crippen molar-refractivity contribution in [3.63, 3.8) is 0 Å². The van der Waals surface area contributed by atoms with E-state index in [9.17, 15) is 24.0 Å². The molecule has 1 aromatic carbocycles. The zero-order chi connectivity index (χ0) is 27.0. The van der Waals surface area contributed by atoms with Crippen LogP contribution in [0, 0.1) is 5.92 Å². The van der Waals surface area contributed by atoms with Gasteiger partial charge in [0, 0.05) is 13.0 Å². The van der Waals surface area contributed by atoms with Gasteiger partial charge in [-0.2, -0.15) is 0 Å². The van der Waals surface area contributed by atoms with Gasteiger partial charge < -0.3 is 25.0 Å². The Bertz CT molecular complexity index is 956. The van der Waals surface area contributed by atoms with E-state index in [2.05, 4.69) is 15.4 Å². The summed E-state index contributed by atoms with van der Waals surface area (Å²) in [6.45, 7) is 9.07. The molecule has 3 atom stereocenters. The van der Waals surface area contributed by atoms with Gasteiger partial charge >= 0.3 is 12.1 Å². The second-order valence-electron chi connectivity index (χ2n) is 10.2. The van der Waals surface area contributed by atoms with Crippen molar-refractivity contribution in [3.8, 4) is 0 Å². The fourth-order valence-corrected chi connectivity index (χ4v) is 4.00. The van der Waals surface area contributed by atoms with Gasteiger partial charge in [0.2, 0.25) is 11.8 Å². The number of hydrogen-bond donors (Lipinski definition) is 2. The molecule has 0 saturated carbocycles. The Morgan fingerprint density at radius 2 is 1.69 bits per heavy atom. The van der Waals surface area contributed by atoms with Crippen LogP contribution in [0.25, 0.3) is 0 Å². The van der Waals surface area contributed by atoms with E-state index in [0.717, 1.165) is 12.7 Å². The predicted octanol–water partition coefficient (Wildman–Crippen LogP) is 2.00. The summed E-state index contributed by atoms with van der Waals surface area (Å²) < 4.78 is 9.86. The van der Waals surface area contributed by atoms with E-state index in [-0.39, 0.29) is 12.3 Å². The third-order valence-corrected chi connectivity index (χ3v) is 5.75. The number of ether oxygens (including phenoxy) is 2. The molecule has 0 aromatic heterocycles. The van der Waals surface area contributed by atoms with Gasteiger partial charge in [0.05, 0.1) is 7.11 Å². The Morgan fingerprint density at radius 3 is 2.25 bits per heavy atom. The van der Waals surface area contributed by atoms with Crippen LogP contribution in [0.5, 0.6) is 0 Å². The topological polar surface area (TPSA) is 131 Å². The predicted molar refractivity (Wildman–Crippen MR) is 132 cm³/mol. The number of Topliss-reactive ketones (excluding diaryl/α,β-unsaturated/α-hetero) is 1. The van der Waals surface area contributed by atoms with Gasteiger partial charge in [0.15, 0.2) is 0 Å². The van der Waals surface area contributed by atoms with E-state index >= 15 is 0 Å². The average molecular weight is 504 g/mol. The van der Waals surface area contributed by atoms with E-state index in [1.54, 1.807) is 58.9 Å².